The van der Waals surface area contributed by atoms with E-state index in [9.17, 15) is 4.79 Å². The number of benzene rings is 2. The van der Waals surface area contributed by atoms with Gasteiger partial charge in [-0.05, 0) is 36.4 Å². The number of amides is 1. The van der Waals surface area contributed by atoms with Gasteiger partial charge >= 0.3 is 0 Å². The fourth-order valence-electron chi connectivity index (χ4n) is 1.54. The van der Waals surface area contributed by atoms with E-state index in [0.29, 0.717) is 5.56 Å². The smallest absolute Gasteiger partial charge is 0.253 e. The summed E-state index contributed by atoms with van der Waals surface area (Å²) in [5.41, 5.74) is 2.17. The van der Waals surface area contributed by atoms with Crippen LogP contribution in [0.1, 0.15) is 10.4 Å². The van der Waals surface area contributed by atoms with Crippen LogP contribution >= 0.6 is 0 Å². The summed E-state index contributed by atoms with van der Waals surface area (Å²) < 4.78 is 0. The van der Waals surface area contributed by atoms with E-state index in [1.165, 1.54) is 0 Å². The Morgan fingerprint density at radius 3 is 1.89 bits per heavy atom. The summed E-state index contributed by atoms with van der Waals surface area (Å²) in [5, 5.41) is 8.24. The summed E-state index contributed by atoms with van der Waals surface area (Å²) in [6.07, 6.45) is 0. The first kappa shape index (κ1) is 13.0. The summed E-state index contributed by atoms with van der Waals surface area (Å²) >= 11 is 0. The van der Waals surface area contributed by atoms with E-state index in [2.05, 4.69) is 10.2 Å². The standard InChI is InChI=1S/C15H15N3O/c1-18(2)15(19)12-8-10-14(11-9-12)17-16-13-6-4-3-5-7-13/h3-11H,1-2H3/b17-16+. The lowest BCUT2D eigenvalue weighted by molar-refractivity contribution is 0.0827. The molecule has 0 aliphatic rings. The molecule has 2 aromatic rings. The lowest BCUT2D eigenvalue weighted by atomic mass is 10.2. The summed E-state index contributed by atoms with van der Waals surface area (Å²) in [6.45, 7) is 0. The van der Waals surface area contributed by atoms with Gasteiger partial charge in [-0.3, -0.25) is 4.79 Å². The number of carbonyl (C=O) groups is 1. The topological polar surface area (TPSA) is 45.0 Å². The van der Waals surface area contributed by atoms with Crippen molar-refractivity contribution in [2.45, 2.75) is 0 Å². The zero-order valence-electron chi connectivity index (χ0n) is 10.9. The van der Waals surface area contributed by atoms with Gasteiger partial charge in [0, 0.05) is 19.7 Å². The number of azo groups is 1. The molecule has 0 aliphatic carbocycles. The molecule has 0 saturated heterocycles. The second kappa shape index (κ2) is 5.91. The second-order valence-corrected chi connectivity index (χ2v) is 4.28. The third kappa shape index (κ3) is 3.48. The van der Waals surface area contributed by atoms with Crippen LogP contribution in [-0.4, -0.2) is 24.9 Å². The molecule has 4 heteroatoms. The monoisotopic (exact) mass is 253 g/mol. The molecule has 19 heavy (non-hydrogen) atoms. The Bertz CT molecular complexity index is 574. The highest BCUT2D eigenvalue weighted by atomic mass is 16.2. The zero-order chi connectivity index (χ0) is 13.7. The maximum atomic E-state index is 11.7. The molecule has 2 rings (SSSR count). The third-order valence-corrected chi connectivity index (χ3v) is 2.56. The normalized spacial score (nSPS) is 10.6. The second-order valence-electron chi connectivity index (χ2n) is 4.28. The largest absolute Gasteiger partial charge is 0.345 e. The molecule has 0 unspecified atom stereocenters. The average Bonchev–Trinajstić information content (AvgIpc) is 2.46. The molecular weight excluding hydrogens is 238 g/mol. The molecule has 0 heterocycles. The number of hydrogen-bond acceptors (Lipinski definition) is 3. The van der Waals surface area contributed by atoms with Crippen molar-refractivity contribution in [2.24, 2.45) is 10.2 Å². The maximum absolute atomic E-state index is 11.7. The molecular formula is C15H15N3O. The molecule has 0 aromatic heterocycles. The zero-order valence-corrected chi connectivity index (χ0v) is 10.9. The lowest BCUT2D eigenvalue weighted by Gasteiger charge is -2.09. The highest BCUT2D eigenvalue weighted by molar-refractivity contribution is 5.94. The van der Waals surface area contributed by atoms with Crippen molar-refractivity contribution < 1.29 is 4.79 Å². The van der Waals surface area contributed by atoms with Crippen molar-refractivity contribution >= 4 is 17.3 Å². The van der Waals surface area contributed by atoms with Crippen LogP contribution in [0, 0.1) is 0 Å². The minimum absolute atomic E-state index is 0.0217. The minimum atomic E-state index is -0.0217. The maximum Gasteiger partial charge on any atom is 0.253 e. The van der Waals surface area contributed by atoms with Crippen LogP contribution in [0.5, 0.6) is 0 Å². The van der Waals surface area contributed by atoms with Crippen molar-refractivity contribution in [3.63, 3.8) is 0 Å². The van der Waals surface area contributed by atoms with Gasteiger partial charge in [0.2, 0.25) is 0 Å². The molecule has 0 spiro atoms. The summed E-state index contributed by atoms with van der Waals surface area (Å²) in [6, 6.07) is 16.6. The van der Waals surface area contributed by atoms with Gasteiger partial charge in [0.15, 0.2) is 0 Å². The highest BCUT2D eigenvalue weighted by Crippen LogP contribution is 2.18. The molecule has 0 radical (unpaired) electrons. The van der Waals surface area contributed by atoms with Crippen LogP contribution in [0.4, 0.5) is 11.4 Å². The van der Waals surface area contributed by atoms with Crippen molar-refractivity contribution in [1.82, 2.24) is 4.90 Å². The molecule has 4 nitrogen and oxygen atoms in total. The highest BCUT2D eigenvalue weighted by Gasteiger charge is 2.06. The molecule has 2 aromatic carbocycles. The Kier molecular flexibility index (Phi) is 4.03. The summed E-state index contributed by atoms with van der Waals surface area (Å²) in [7, 11) is 3.46. The van der Waals surface area contributed by atoms with Crippen molar-refractivity contribution in [2.75, 3.05) is 14.1 Å². The van der Waals surface area contributed by atoms with E-state index >= 15 is 0 Å². The van der Waals surface area contributed by atoms with Gasteiger partial charge in [0.1, 0.15) is 0 Å². The fourth-order valence-corrected chi connectivity index (χ4v) is 1.54. The summed E-state index contributed by atoms with van der Waals surface area (Å²) in [4.78, 5) is 13.2. The molecule has 96 valence electrons. The molecule has 0 fully saturated rings. The minimum Gasteiger partial charge on any atom is -0.345 e. The van der Waals surface area contributed by atoms with E-state index in [4.69, 9.17) is 0 Å². The van der Waals surface area contributed by atoms with Crippen LogP contribution in [0.25, 0.3) is 0 Å². The van der Waals surface area contributed by atoms with Crippen LogP contribution in [-0.2, 0) is 0 Å². The van der Waals surface area contributed by atoms with Crippen LogP contribution in [0.3, 0.4) is 0 Å². The van der Waals surface area contributed by atoms with Gasteiger partial charge < -0.3 is 4.90 Å². The number of nitrogens with zero attached hydrogens (tertiary/aromatic N) is 3. The van der Waals surface area contributed by atoms with Gasteiger partial charge in [-0.2, -0.15) is 10.2 Å². The Balaban J connectivity index is 2.11. The Morgan fingerprint density at radius 1 is 0.842 bits per heavy atom. The predicted molar refractivity (Wildman–Crippen MR) is 75.1 cm³/mol. The van der Waals surface area contributed by atoms with Gasteiger partial charge in [0.05, 0.1) is 11.4 Å². The Hall–Kier alpha value is -2.49. The average molecular weight is 253 g/mol. The molecule has 0 atom stereocenters. The Morgan fingerprint density at radius 2 is 1.37 bits per heavy atom. The number of rotatable bonds is 3. The Labute approximate surface area is 112 Å². The molecule has 1 amide bonds. The first-order valence-corrected chi connectivity index (χ1v) is 5.95. The third-order valence-electron chi connectivity index (χ3n) is 2.56. The molecule has 0 bridgehead atoms. The number of carbonyl (C=O) groups excluding carboxylic acids is 1. The van der Waals surface area contributed by atoms with Gasteiger partial charge in [0.25, 0.3) is 5.91 Å². The molecule has 0 N–H and O–H groups in total. The quantitative estimate of drug-likeness (QED) is 0.767. The van der Waals surface area contributed by atoms with Gasteiger partial charge in [-0.1, -0.05) is 18.2 Å². The van der Waals surface area contributed by atoms with E-state index in [1.807, 2.05) is 30.3 Å². The fraction of sp³-hybridized carbons (Fsp3) is 0.133. The number of hydrogen-bond donors (Lipinski definition) is 0. The van der Waals surface area contributed by atoms with Crippen LogP contribution < -0.4 is 0 Å². The molecule has 0 aliphatic heterocycles. The van der Waals surface area contributed by atoms with E-state index in [-0.39, 0.29) is 5.91 Å². The van der Waals surface area contributed by atoms with Crippen molar-refractivity contribution in [3.8, 4) is 0 Å². The van der Waals surface area contributed by atoms with Gasteiger partial charge in [-0.25, -0.2) is 0 Å². The van der Waals surface area contributed by atoms with Crippen LogP contribution in [0.2, 0.25) is 0 Å². The van der Waals surface area contributed by atoms with E-state index < -0.39 is 0 Å². The van der Waals surface area contributed by atoms with Crippen molar-refractivity contribution in [3.05, 3.63) is 60.2 Å². The lowest BCUT2D eigenvalue weighted by Crippen LogP contribution is -2.21. The first-order valence-electron chi connectivity index (χ1n) is 5.95. The summed E-state index contributed by atoms with van der Waals surface area (Å²) in [5.74, 6) is -0.0217. The van der Waals surface area contributed by atoms with E-state index in [0.717, 1.165) is 11.4 Å². The molecule has 0 saturated carbocycles. The first-order chi connectivity index (χ1) is 9.16. The SMILES string of the molecule is CN(C)C(=O)c1ccc(/N=N/c2ccccc2)cc1. The van der Waals surface area contributed by atoms with Crippen molar-refractivity contribution in [1.29, 1.82) is 0 Å². The van der Waals surface area contributed by atoms with Gasteiger partial charge in [-0.15, -0.1) is 0 Å². The predicted octanol–water partition coefficient (Wildman–Crippen LogP) is 3.80. The van der Waals surface area contributed by atoms with Crippen LogP contribution in [0.15, 0.2) is 64.8 Å². The van der Waals surface area contributed by atoms with E-state index in [1.54, 1.807) is 43.3 Å².